The molecule has 9 heteroatoms. The maximum atomic E-state index is 13.5. The van der Waals surface area contributed by atoms with Gasteiger partial charge in [0, 0.05) is 6.54 Å². The molecule has 5 nitrogen and oxygen atoms in total. The van der Waals surface area contributed by atoms with Gasteiger partial charge < -0.3 is 4.90 Å². The first kappa shape index (κ1) is 23.0. The molecule has 1 aliphatic heterocycles. The number of hydrogen-bond donors (Lipinski definition) is 0. The summed E-state index contributed by atoms with van der Waals surface area (Å²) < 4.78 is 67.5. The van der Waals surface area contributed by atoms with Crippen LogP contribution in [0.3, 0.4) is 0 Å². The van der Waals surface area contributed by atoms with Gasteiger partial charge in [-0.3, -0.25) is 4.79 Å². The highest BCUT2D eigenvalue weighted by atomic mass is 32.2. The minimum Gasteiger partial charge on any atom is -0.305 e. The van der Waals surface area contributed by atoms with Crippen LogP contribution in [0.4, 0.5) is 18.9 Å². The number of amides is 1. The molecule has 0 aliphatic carbocycles. The van der Waals surface area contributed by atoms with Crippen LogP contribution in [0.2, 0.25) is 0 Å². The number of alkyl halides is 3. The van der Waals surface area contributed by atoms with E-state index in [0.29, 0.717) is 0 Å². The number of halogens is 3. The van der Waals surface area contributed by atoms with Gasteiger partial charge in [-0.25, -0.2) is 8.42 Å². The van der Waals surface area contributed by atoms with E-state index in [2.05, 4.69) is 0 Å². The first-order valence-corrected chi connectivity index (χ1v) is 11.6. The van der Waals surface area contributed by atoms with Crippen LogP contribution < -0.4 is 4.90 Å². The Morgan fingerprint density at radius 1 is 0.909 bits per heavy atom. The van der Waals surface area contributed by atoms with Gasteiger partial charge in [0.25, 0.3) is 0 Å². The van der Waals surface area contributed by atoms with E-state index in [-0.39, 0.29) is 29.2 Å². The highest BCUT2D eigenvalue weighted by Crippen LogP contribution is 2.34. The van der Waals surface area contributed by atoms with E-state index >= 15 is 0 Å². The minimum atomic E-state index is -4.52. The standard InChI is InChI=1S/C24H21F3N2O3S/c1-17-7-2-3-9-19(17)15-28-16-23(30)29(21-11-4-5-12-22(21)33(28,31)32)14-18-8-6-10-20(13-18)24(25,26)27/h2-13H,14-16H2,1H3. The fraction of sp³-hybridized carbons (Fsp3) is 0.208. The molecule has 0 N–H and O–H groups in total. The lowest BCUT2D eigenvalue weighted by Gasteiger charge is -2.23. The molecule has 3 aromatic carbocycles. The molecular formula is C24H21F3N2O3S. The summed E-state index contributed by atoms with van der Waals surface area (Å²) in [4.78, 5) is 14.4. The van der Waals surface area contributed by atoms with Crippen LogP contribution in [0.25, 0.3) is 0 Å². The second-order valence-electron chi connectivity index (χ2n) is 7.85. The summed E-state index contributed by atoms with van der Waals surface area (Å²) in [5, 5.41) is 0. The summed E-state index contributed by atoms with van der Waals surface area (Å²) >= 11 is 0. The Morgan fingerprint density at radius 3 is 2.33 bits per heavy atom. The zero-order chi connectivity index (χ0) is 23.8. The van der Waals surface area contributed by atoms with E-state index in [4.69, 9.17) is 0 Å². The first-order chi connectivity index (χ1) is 15.6. The van der Waals surface area contributed by atoms with Crippen molar-refractivity contribution in [3.8, 4) is 0 Å². The lowest BCUT2D eigenvalue weighted by molar-refractivity contribution is -0.137. The number of benzene rings is 3. The van der Waals surface area contributed by atoms with Crippen LogP contribution >= 0.6 is 0 Å². The number of fused-ring (bicyclic) bond motifs is 1. The molecule has 0 saturated heterocycles. The van der Waals surface area contributed by atoms with E-state index in [9.17, 15) is 26.4 Å². The molecule has 4 rings (SSSR count). The number of para-hydroxylation sites is 1. The Bertz CT molecular complexity index is 1310. The molecule has 0 fully saturated rings. The van der Waals surface area contributed by atoms with Crippen LogP contribution in [0.15, 0.2) is 77.7 Å². The van der Waals surface area contributed by atoms with Gasteiger partial charge in [-0.15, -0.1) is 0 Å². The van der Waals surface area contributed by atoms with E-state index in [1.165, 1.54) is 29.2 Å². The predicted molar refractivity (Wildman–Crippen MR) is 118 cm³/mol. The average Bonchev–Trinajstić information content (AvgIpc) is 2.84. The van der Waals surface area contributed by atoms with Gasteiger partial charge in [-0.2, -0.15) is 17.5 Å². The topological polar surface area (TPSA) is 57.7 Å². The zero-order valence-corrected chi connectivity index (χ0v) is 18.5. The molecule has 172 valence electrons. The number of carbonyl (C=O) groups is 1. The van der Waals surface area contributed by atoms with E-state index in [1.54, 1.807) is 24.3 Å². The Balaban J connectivity index is 1.74. The zero-order valence-electron chi connectivity index (χ0n) is 17.7. The van der Waals surface area contributed by atoms with Crippen molar-refractivity contribution in [1.82, 2.24) is 4.31 Å². The van der Waals surface area contributed by atoms with Gasteiger partial charge in [-0.05, 0) is 47.9 Å². The van der Waals surface area contributed by atoms with Crippen LogP contribution in [0.1, 0.15) is 22.3 Å². The molecule has 0 bridgehead atoms. The maximum absolute atomic E-state index is 13.5. The summed E-state index contributed by atoms with van der Waals surface area (Å²) in [6, 6.07) is 18.0. The number of anilines is 1. The lowest BCUT2D eigenvalue weighted by Crippen LogP contribution is -2.39. The second kappa shape index (κ2) is 8.64. The molecule has 1 heterocycles. The number of hydrogen-bond acceptors (Lipinski definition) is 3. The Labute approximate surface area is 190 Å². The van der Waals surface area contributed by atoms with Crippen molar-refractivity contribution < 1.29 is 26.4 Å². The van der Waals surface area contributed by atoms with Crippen molar-refractivity contribution in [1.29, 1.82) is 0 Å². The molecule has 0 aromatic heterocycles. The van der Waals surface area contributed by atoms with Crippen molar-refractivity contribution in [2.75, 3.05) is 11.4 Å². The fourth-order valence-electron chi connectivity index (χ4n) is 3.81. The average molecular weight is 475 g/mol. The van der Waals surface area contributed by atoms with Crippen molar-refractivity contribution in [3.63, 3.8) is 0 Å². The Kier molecular flexibility index (Phi) is 6.02. The summed E-state index contributed by atoms with van der Waals surface area (Å²) in [6.45, 7) is 1.25. The first-order valence-electron chi connectivity index (χ1n) is 10.2. The van der Waals surface area contributed by atoms with Crippen molar-refractivity contribution in [3.05, 3.63) is 95.1 Å². The van der Waals surface area contributed by atoms with Gasteiger partial charge in [0.2, 0.25) is 15.9 Å². The molecule has 33 heavy (non-hydrogen) atoms. The van der Waals surface area contributed by atoms with Gasteiger partial charge in [0.05, 0.1) is 24.3 Å². The van der Waals surface area contributed by atoms with Gasteiger partial charge in [0.1, 0.15) is 4.90 Å². The molecule has 1 aliphatic rings. The van der Waals surface area contributed by atoms with E-state index in [0.717, 1.165) is 27.6 Å². The van der Waals surface area contributed by atoms with Gasteiger partial charge in [-0.1, -0.05) is 48.5 Å². The monoisotopic (exact) mass is 474 g/mol. The molecule has 0 radical (unpaired) electrons. The van der Waals surface area contributed by atoms with E-state index in [1.807, 2.05) is 19.1 Å². The Hall–Kier alpha value is -3.17. The number of nitrogens with zero attached hydrogens (tertiary/aromatic N) is 2. The van der Waals surface area contributed by atoms with Crippen LogP contribution in [0, 0.1) is 6.92 Å². The molecular weight excluding hydrogens is 453 g/mol. The quantitative estimate of drug-likeness (QED) is 0.548. The summed E-state index contributed by atoms with van der Waals surface area (Å²) in [5.74, 6) is -0.519. The van der Waals surface area contributed by atoms with Crippen molar-refractivity contribution >= 4 is 21.6 Å². The molecule has 3 aromatic rings. The highest BCUT2D eigenvalue weighted by molar-refractivity contribution is 7.89. The fourth-order valence-corrected chi connectivity index (χ4v) is 5.37. The molecule has 0 unspecified atom stereocenters. The normalized spacial score (nSPS) is 16.4. The summed E-state index contributed by atoms with van der Waals surface area (Å²) in [5.41, 5.74) is 1.21. The molecule has 0 spiro atoms. The third kappa shape index (κ3) is 4.65. The van der Waals surface area contributed by atoms with Gasteiger partial charge in [0.15, 0.2) is 0 Å². The maximum Gasteiger partial charge on any atom is 0.416 e. The molecule has 0 saturated carbocycles. The number of aryl methyl sites for hydroxylation is 1. The second-order valence-corrected chi connectivity index (χ2v) is 9.75. The molecule has 1 amide bonds. The third-order valence-corrected chi connectivity index (χ3v) is 7.43. The Morgan fingerprint density at radius 2 is 1.61 bits per heavy atom. The lowest BCUT2D eigenvalue weighted by atomic mass is 10.1. The third-order valence-electron chi connectivity index (χ3n) is 5.59. The molecule has 0 atom stereocenters. The summed E-state index contributed by atoms with van der Waals surface area (Å²) in [6.07, 6.45) is -4.52. The number of carbonyl (C=O) groups excluding carboxylic acids is 1. The van der Waals surface area contributed by atoms with Crippen LogP contribution in [-0.2, 0) is 34.1 Å². The smallest absolute Gasteiger partial charge is 0.305 e. The number of rotatable bonds is 4. The highest BCUT2D eigenvalue weighted by Gasteiger charge is 2.37. The largest absolute Gasteiger partial charge is 0.416 e. The minimum absolute atomic E-state index is 0.00643. The van der Waals surface area contributed by atoms with E-state index < -0.39 is 34.2 Å². The van der Waals surface area contributed by atoms with Crippen molar-refractivity contribution in [2.45, 2.75) is 31.1 Å². The van der Waals surface area contributed by atoms with Crippen LogP contribution in [0.5, 0.6) is 0 Å². The van der Waals surface area contributed by atoms with Gasteiger partial charge >= 0.3 is 6.18 Å². The predicted octanol–water partition coefficient (Wildman–Crippen LogP) is 4.75. The SMILES string of the molecule is Cc1ccccc1CN1CC(=O)N(Cc2cccc(C(F)(F)F)c2)c2ccccc2S1(=O)=O. The van der Waals surface area contributed by atoms with Crippen molar-refractivity contribution in [2.24, 2.45) is 0 Å². The van der Waals surface area contributed by atoms with Crippen LogP contribution in [-0.4, -0.2) is 25.2 Å². The number of sulfonamides is 1. The summed E-state index contributed by atoms with van der Waals surface area (Å²) in [7, 11) is -4.03.